The van der Waals surface area contributed by atoms with Crippen LogP contribution < -0.4 is 33.2 Å². The molecule has 10 heteroatoms. The second-order valence-electron chi connectivity index (χ2n) is 15.5. The van der Waals surface area contributed by atoms with Gasteiger partial charge in [0.05, 0.1) is 0 Å². The van der Waals surface area contributed by atoms with E-state index in [0.29, 0.717) is 65.2 Å². The topological polar surface area (TPSA) is 169 Å². The average Bonchev–Trinajstić information content (AvgIpc) is 3.15. The molecular formula is C43H89N7O3. The maximum absolute atomic E-state index is 13.7. The summed E-state index contributed by atoms with van der Waals surface area (Å²) in [5.74, 6) is -1.63. The number of unbranched alkanes of at least 4 members (excludes halogenated alkanes) is 23. The summed E-state index contributed by atoms with van der Waals surface area (Å²) in [4.78, 5) is 42.7. The molecule has 0 radical (unpaired) electrons. The van der Waals surface area contributed by atoms with Gasteiger partial charge in [0.15, 0.2) is 0 Å². The first-order valence-corrected chi connectivity index (χ1v) is 22.6. The van der Waals surface area contributed by atoms with Crippen molar-refractivity contribution in [3.05, 3.63) is 0 Å². The van der Waals surface area contributed by atoms with Crippen molar-refractivity contribution < 1.29 is 14.4 Å². The van der Waals surface area contributed by atoms with Crippen LogP contribution in [0.5, 0.6) is 0 Å². The number of hydrogen-bond acceptors (Lipinski definition) is 7. The molecule has 3 amide bonds. The van der Waals surface area contributed by atoms with Crippen molar-refractivity contribution in [3.8, 4) is 0 Å². The minimum absolute atomic E-state index is 0.165. The van der Waals surface area contributed by atoms with E-state index in [1.165, 1.54) is 122 Å². The van der Waals surface area contributed by atoms with Gasteiger partial charge in [-0.3, -0.25) is 19.3 Å². The molecule has 0 saturated heterocycles. The third kappa shape index (κ3) is 32.2. The van der Waals surface area contributed by atoms with Crippen molar-refractivity contribution in [2.24, 2.45) is 23.1 Å². The highest BCUT2D eigenvalue weighted by molar-refractivity contribution is 6.01. The van der Waals surface area contributed by atoms with Crippen LogP contribution in [0.3, 0.4) is 0 Å². The molecule has 0 aliphatic rings. The first-order valence-electron chi connectivity index (χ1n) is 22.6. The number of carbonyl (C=O) groups excluding carboxylic acids is 3. The Labute approximate surface area is 327 Å². The van der Waals surface area contributed by atoms with E-state index in [-0.39, 0.29) is 17.7 Å². The molecule has 9 N–H and O–H groups in total. The van der Waals surface area contributed by atoms with Gasteiger partial charge in [0.1, 0.15) is 12.0 Å². The van der Waals surface area contributed by atoms with Gasteiger partial charge in [0.2, 0.25) is 17.7 Å². The number of nitrogens with one attached hydrogen (secondary N) is 3. The second kappa shape index (κ2) is 39.9. The van der Waals surface area contributed by atoms with Crippen molar-refractivity contribution in [1.82, 2.24) is 20.9 Å². The van der Waals surface area contributed by atoms with E-state index in [1.54, 1.807) is 0 Å². The Hall–Kier alpha value is -1.75. The summed E-state index contributed by atoms with van der Waals surface area (Å²) in [6.45, 7) is 9.14. The molecule has 0 aromatic rings. The Balaban J connectivity index is 4.95. The molecular weight excluding hydrogens is 663 g/mol. The summed E-state index contributed by atoms with van der Waals surface area (Å²) in [5.41, 5.74) is 17.3. The van der Waals surface area contributed by atoms with Gasteiger partial charge in [-0.15, -0.1) is 0 Å². The van der Waals surface area contributed by atoms with Crippen molar-refractivity contribution in [2.75, 3.05) is 52.4 Å². The lowest BCUT2D eigenvalue weighted by molar-refractivity contribution is -0.138. The average molecular weight is 752 g/mol. The third-order valence-corrected chi connectivity index (χ3v) is 10.5. The van der Waals surface area contributed by atoms with Crippen molar-refractivity contribution in [2.45, 2.75) is 200 Å². The van der Waals surface area contributed by atoms with E-state index in [4.69, 9.17) is 17.2 Å². The number of nitrogens with two attached hydrogens (primary N) is 3. The smallest absolute Gasteiger partial charge is 0.242 e. The van der Waals surface area contributed by atoms with Crippen LogP contribution in [-0.4, -0.2) is 81.0 Å². The number of rotatable bonds is 41. The highest BCUT2D eigenvalue weighted by atomic mass is 16.2. The standard InChI is InChI=1S/C43H89N7O3/c1-3-5-7-9-11-13-15-17-19-21-23-25-29-39(41(51)48-35-38-50(36-32-45)37-33-46)42(52)49-40(30-26-27-31-44)43(53)47-34-28-24-22-20-18-16-14-12-10-8-6-4-2/h39-40H,3-38,44-46H2,1-2H3,(H,47,53)(H,48,51)(H,49,52)/t39?,40-/m0/s1. The van der Waals surface area contributed by atoms with Gasteiger partial charge in [-0.1, -0.05) is 162 Å². The number of nitrogens with zero attached hydrogens (tertiary/aromatic N) is 1. The molecule has 314 valence electrons. The van der Waals surface area contributed by atoms with Gasteiger partial charge < -0.3 is 33.2 Å². The summed E-state index contributed by atoms with van der Waals surface area (Å²) < 4.78 is 0. The predicted molar refractivity (Wildman–Crippen MR) is 226 cm³/mol. The Morgan fingerprint density at radius 2 is 0.849 bits per heavy atom. The molecule has 0 aromatic heterocycles. The minimum Gasteiger partial charge on any atom is -0.354 e. The molecule has 0 aromatic carbocycles. The molecule has 53 heavy (non-hydrogen) atoms. The Morgan fingerprint density at radius 1 is 0.434 bits per heavy atom. The molecule has 1 unspecified atom stereocenters. The van der Waals surface area contributed by atoms with E-state index >= 15 is 0 Å². The van der Waals surface area contributed by atoms with E-state index in [9.17, 15) is 14.4 Å². The Morgan fingerprint density at radius 3 is 1.30 bits per heavy atom. The van der Waals surface area contributed by atoms with Gasteiger partial charge in [-0.05, 0) is 38.6 Å². The maximum Gasteiger partial charge on any atom is 0.242 e. The Kier molecular flexibility index (Phi) is 38.6. The normalized spacial score (nSPS) is 12.6. The summed E-state index contributed by atoms with van der Waals surface area (Å²) in [5, 5.41) is 9.06. The molecule has 0 spiro atoms. The lowest BCUT2D eigenvalue weighted by Gasteiger charge is -2.24. The SMILES string of the molecule is CCCCCCCCCCCCCCNC(=O)[C@H](CCCCN)NC(=O)C(CCCCCCCCCCCCCC)C(=O)NCCN(CCN)CCN. The highest BCUT2D eigenvalue weighted by Gasteiger charge is 2.30. The van der Waals surface area contributed by atoms with Gasteiger partial charge >= 0.3 is 0 Å². The third-order valence-electron chi connectivity index (χ3n) is 10.5. The zero-order chi connectivity index (χ0) is 39.0. The lowest BCUT2D eigenvalue weighted by atomic mass is 9.97. The summed E-state index contributed by atoms with van der Waals surface area (Å²) in [6, 6.07) is -0.673. The molecule has 0 bridgehead atoms. The van der Waals surface area contributed by atoms with Gasteiger partial charge in [-0.2, -0.15) is 0 Å². The van der Waals surface area contributed by atoms with Gasteiger partial charge in [0.25, 0.3) is 0 Å². The fourth-order valence-corrected chi connectivity index (χ4v) is 7.07. The fourth-order valence-electron chi connectivity index (χ4n) is 7.07. The van der Waals surface area contributed by atoms with Crippen LogP contribution in [0.2, 0.25) is 0 Å². The number of carbonyl (C=O) groups is 3. The van der Waals surface area contributed by atoms with Crippen LogP contribution in [0.1, 0.15) is 194 Å². The van der Waals surface area contributed by atoms with Crippen LogP contribution in [0.15, 0.2) is 0 Å². The van der Waals surface area contributed by atoms with Crippen LogP contribution >= 0.6 is 0 Å². The molecule has 0 heterocycles. The quantitative estimate of drug-likeness (QED) is 0.0278. The van der Waals surface area contributed by atoms with E-state index in [0.717, 1.165) is 44.9 Å². The van der Waals surface area contributed by atoms with E-state index in [2.05, 4.69) is 34.7 Å². The zero-order valence-corrected chi connectivity index (χ0v) is 35.0. The van der Waals surface area contributed by atoms with E-state index in [1.807, 2.05) is 0 Å². The largest absolute Gasteiger partial charge is 0.354 e. The van der Waals surface area contributed by atoms with Crippen molar-refractivity contribution >= 4 is 17.7 Å². The summed E-state index contributed by atoms with van der Waals surface area (Å²) in [6.07, 6.45) is 32.4. The molecule has 0 rings (SSSR count). The number of amides is 3. The fraction of sp³-hybridized carbons (Fsp3) is 0.930. The predicted octanol–water partition coefficient (Wildman–Crippen LogP) is 7.46. The molecule has 0 aliphatic heterocycles. The molecule has 10 nitrogen and oxygen atoms in total. The summed E-state index contributed by atoms with van der Waals surface area (Å²) in [7, 11) is 0. The van der Waals surface area contributed by atoms with Crippen LogP contribution in [0.4, 0.5) is 0 Å². The maximum atomic E-state index is 13.7. The monoisotopic (exact) mass is 752 g/mol. The van der Waals surface area contributed by atoms with Crippen LogP contribution in [-0.2, 0) is 14.4 Å². The van der Waals surface area contributed by atoms with Crippen LogP contribution in [0.25, 0.3) is 0 Å². The molecule has 2 atom stereocenters. The van der Waals surface area contributed by atoms with Crippen LogP contribution in [0, 0.1) is 5.92 Å². The number of hydrogen-bond donors (Lipinski definition) is 6. The molecule has 0 saturated carbocycles. The van der Waals surface area contributed by atoms with Gasteiger partial charge in [0, 0.05) is 45.8 Å². The Bertz CT molecular complexity index is 826. The van der Waals surface area contributed by atoms with Gasteiger partial charge in [-0.25, -0.2) is 0 Å². The molecule has 0 aliphatic carbocycles. The van der Waals surface area contributed by atoms with Crippen molar-refractivity contribution in [3.63, 3.8) is 0 Å². The second-order valence-corrected chi connectivity index (χ2v) is 15.5. The minimum atomic E-state index is -0.836. The lowest BCUT2D eigenvalue weighted by Crippen LogP contribution is -2.51. The van der Waals surface area contributed by atoms with E-state index < -0.39 is 12.0 Å². The van der Waals surface area contributed by atoms with Crippen molar-refractivity contribution in [1.29, 1.82) is 0 Å². The first kappa shape index (κ1) is 51.2. The molecule has 0 fully saturated rings. The zero-order valence-electron chi connectivity index (χ0n) is 35.0. The highest BCUT2D eigenvalue weighted by Crippen LogP contribution is 2.16. The summed E-state index contributed by atoms with van der Waals surface area (Å²) >= 11 is 0. The first-order chi connectivity index (χ1) is 25.9.